The summed E-state index contributed by atoms with van der Waals surface area (Å²) in [6, 6.07) is 0. The third-order valence-corrected chi connectivity index (χ3v) is 2.16. The van der Waals surface area contributed by atoms with Crippen molar-refractivity contribution in [2.75, 3.05) is 59.4 Å². The highest BCUT2D eigenvalue weighted by molar-refractivity contribution is 5.45. The van der Waals surface area contributed by atoms with E-state index in [0.29, 0.717) is 71.7 Å². The van der Waals surface area contributed by atoms with Crippen molar-refractivity contribution >= 4 is 6.41 Å². The monoisotopic (exact) mass is 345 g/mol. The first-order valence-corrected chi connectivity index (χ1v) is 8.65. The van der Waals surface area contributed by atoms with E-state index in [1.54, 1.807) is 0 Å². The minimum absolute atomic E-state index is 0.382. The maximum absolute atomic E-state index is 9.94. The number of ether oxygens (including phenoxy) is 4. The molecule has 0 atom stereocenters. The third-order valence-electron chi connectivity index (χ3n) is 2.16. The molecule has 6 heteroatoms. The van der Waals surface area contributed by atoms with Gasteiger partial charge in [-0.25, -0.2) is 0 Å². The summed E-state index contributed by atoms with van der Waals surface area (Å²) in [7, 11) is 0. The quantitative estimate of drug-likeness (QED) is 0.296. The summed E-state index contributed by atoms with van der Waals surface area (Å²) in [4.78, 5) is 9.94. The molecular weight excluding hydrogens is 310 g/mol. The Labute approximate surface area is 147 Å². The number of carbonyl (C=O) groups is 1. The first-order chi connectivity index (χ1) is 11.7. The van der Waals surface area contributed by atoms with Crippen LogP contribution in [0.4, 0.5) is 0 Å². The van der Waals surface area contributed by atoms with Crippen LogP contribution in [0.2, 0.25) is 0 Å². The van der Waals surface area contributed by atoms with E-state index < -0.39 is 0 Å². The summed E-state index contributed by atoms with van der Waals surface area (Å²) < 4.78 is 21.1. The molecular formula is C18H35NO5. The molecule has 0 bridgehead atoms. The van der Waals surface area contributed by atoms with Crippen LogP contribution in [0.1, 0.15) is 34.1 Å². The molecule has 0 fully saturated rings. The summed E-state index contributed by atoms with van der Waals surface area (Å²) in [5.41, 5.74) is 0. The van der Waals surface area contributed by atoms with Gasteiger partial charge in [0.1, 0.15) is 6.61 Å². The fourth-order valence-corrected chi connectivity index (χ4v) is 1.22. The molecule has 0 aromatic carbocycles. The van der Waals surface area contributed by atoms with Gasteiger partial charge in [0.25, 0.3) is 0 Å². The number of carbonyl (C=O) groups excluding carboxylic acids is 1. The van der Waals surface area contributed by atoms with Crippen molar-refractivity contribution < 1.29 is 23.7 Å². The van der Waals surface area contributed by atoms with E-state index in [4.69, 9.17) is 18.9 Å². The molecule has 0 aromatic heterocycles. The Morgan fingerprint density at radius 1 is 0.875 bits per heavy atom. The molecule has 0 aliphatic carbocycles. The van der Waals surface area contributed by atoms with Gasteiger partial charge in [0, 0.05) is 12.5 Å². The van der Waals surface area contributed by atoms with Crippen LogP contribution in [0.3, 0.4) is 0 Å². The predicted octanol–water partition coefficient (Wildman–Crippen LogP) is 1.87. The van der Waals surface area contributed by atoms with Gasteiger partial charge < -0.3 is 24.3 Å². The highest BCUT2D eigenvalue weighted by Crippen LogP contribution is 1.86. The van der Waals surface area contributed by atoms with Gasteiger partial charge >= 0.3 is 0 Å². The summed E-state index contributed by atoms with van der Waals surface area (Å²) in [6.07, 6.45) is 1.90. The van der Waals surface area contributed by atoms with Gasteiger partial charge in [0.05, 0.1) is 46.2 Å². The summed E-state index contributed by atoms with van der Waals surface area (Å²) in [6.45, 7) is 13.0. The maximum Gasteiger partial charge on any atom is 0.207 e. The Bertz CT molecular complexity index is 300. The standard InChI is InChI=1S/C15H27NO5.C3H8/c1-15(2)4-3-6-18-8-10-20-12-13-21-11-9-19-7-5-16-14-17;1-3-2/h14-15H,5-13H2,1-2H3,(H,16,17);3H2,1-2H3. The lowest BCUT2D eigenvalue weighted by molar-refractivity contribution is -0.109. The predicted molar refractivity (Wildman–Crippen MR) is 95.9 cm³/mol. The number of amides is 1. The van der Waals surface area contributed by atoms with E-state index in [-0.39, 0.29) is 0 Å². The van der Waals surface area contributed by atoms with Gasteiger partial charge in [0.15, 0.2) is 0 Å². The lowest BCUT2D eigenvalue weighted by Gasteiger charge is -2.06. The molecule has 1 amide bonds. The number of hydrogen-bond acceptors (Lipinski definition) is 5. The van der Waals surface area contributed by atoms with E-state index in [1.165, 1.54) is 6.42 Å². The molecule has 0 heterocycles. The molecule has 0 aromatic rings. The van der Waals surface area contributed by atoms with E-state index in [9.17, 15) is 4.79 Å². The lowest BCUT2D eigenvalue weighted by atomic mass is 10.2. The van der Waals surface area contributed by atoms with Crippen LogP contribution in [0.25, 0.3) is 0 Å². The lowest BCUT2D eigenvalue weighted by Crippen LogP contribution is -2.19. The molecule has 1 N–H and O–H groups in total. The maximum atomic E-state index is 9.94. The fourth-order valence-electron chi connectivity index (χ4n) is 1.22. The molecule has 0 saturated carbocycles. The molecule has 0 spiro atoms. The SMILES string of the molecule is CC(C)C#CCOCCOCCOCCOCCNC=O.CCC. The van der Waals surface area contributed by atoms with Gasteiger partial charge in [-0.2, -0.15) is 0 Å². The van der Waals surface area contributed by atoms with Gasteiger partial charge in [-0.3, -0.25) is 4.79 Å². The smallest absolute Gasteiger partial charge is 0.207 e. The Kier molecular flexibility index (Phi) is 25.2. The summed E-state index contributed by atoms with van der Waals surface area (Å²) >= 11 is 0. The zero-order chi connectivity index (χ0) is 18.3. The summed E-state index contributed by atoms with van der Waals surface area (Å²) in [5.74, 6) is 6.34. The van der Waals surface area contributed by atoms with Crippen molar-refractivity contribution in [3.63, 3.8) is 0 Å². The summed E-state index contributed by atoms with van der Waals surface area (Å²) in [5, 5.41) is 2.51. The molecule has 0 radical (unpaired) electrons. The third kappa shape index (κ3) is 29.0. The zero-order valence-corrected chi connectivity index (χ0v) is 15.8. The minimum atomic E-state index is 0.382. The van der Waals surface area contributed by atoms with Crippen LogP contribution in [-0.2, 0) is 23.7 Å². The largest absolute Gasteiger partial charge is 0.377 e. The number of rotatable bonds is 14. The average Bonchev–Trinajstić information content (AvgIpc) is 2.55. The number of hydrogen-bond donors (Lipinski definition) is 1. The first-order valence-electron chi connectivity index (χ1n) is 8.65. The molecule has 0 saturated heterocycles. The molecule has 6 nitrogen and oxygen atoms in total. The fraction of sp³-hybridized carbons (Fsp3) is 0.833. The van der Waals surface area contributed by atoms with Crippen LogP contribution >= 0.6 is 0 Å². The molecule has 0 unspecified atom stereocenters. The second kappa shape index (κ2) is 24.1. The molecule has 0 aliphatic rings. The van der Waals surface area contributed by atoms with E-state index in [2.05, 4.69) is 31.0 Å². The molecule has 142 valence electrons. The molecule has 0 aliphatic heterocycles. The van der Waals surface area contributed by atoms with Crippen molar-refractivity contribution in [3.05, 3.63) is 0 Å². The van der Waals surface area contributed by atoms with Crippen molar-refractivity contribution in [2.24, 2.45) is 5.92 Å². The number of nitrogens with one attached hydrogen (secondary N) is 1. The topological polar surface area (TPSA) is 66.0 Å². The Hall–Kier alpha value is -1.13. The normalized spacial score (nSPS) is 9.71. The van der Waals surface area contributed by atoms with Crippen LogP contribution in [0.15, 0.2) is 0 Å². The van der Waals surface area contributed by atoms with Gasteiger partial charge in [0.2, 0.25) is 6.41 Å². The molecule has 0 rings (SSSR count). The van der Waals surface area contributed by atoms with Crippen molar-refractivity contribution in [3.8, 4) is 11.8 Å². The minimum Gasteiger partial charge on any atom is -0.377 e. The van der Waals surface area contributed by atoms with Crippen LogP contribution in [0, 0.1) is 17.8 Å². The highest BCUT2D eigenvalue weighted by atomic mass is 16.6. The van der Waals surface area contributed by atoms with E-state index >= 15 is 0 Å². The Morgan fingerprint density at radius 2 is 1.33 bits per heavy atom. The van der Waals surface area contributed by atoms with Gasteiger partial charge in [-0.15, -0.1) is 0 Å². The second-order valence-electron chi connectivity index (χ2n) is 5.14. The van der Waals surface area contributed by atoms with Crippen molar-refractivity contribution in [1.29, 1.82) is 0 Å². The Balaban J connectivity index is 0. The van der Waals surface area contributed by atoms with Crippen molar-refractivity contribution in [1.82, 2.24) is 5.32 Å². The van der Waals surface area contributed by atoms with Crippen LogP contribution < -0.4 is 5.32 Å². The van der Waals surface area contributed by atoms with Crippen molar-refractivity contribution in [2.45, 2.75) is 34.1 Å². The zero-order valence-electron chi connectivity index (χ0n) is 15.8. The second-order valence-corrected chi connectivity index (χ2v) is 5.14. The van der Waals surface area contributed by atoms with E-state index in [0.717, 1.165) is 0 Å². The van der Waals surface area contributed by atoms with Crippen LogP contribution in [-0.4, -0.2) is 65.8 Å². The average molecular weight is 345 g/mol. The highest BCUT2D eigenvalue weighted by Gasteiger charge is 1.92. The van der Waals surface area contributed by atoms with Gasteiger partial charge in [-0.1, -0.05) is 46.0 Å². The molecule has 24 heavy (non-hydrogen) atoms. The Morgan fingerprint density at radius 3 is 1.79 bits per heavy atom. The van der Waals surface area contributed by atoms with Gasteiger partial charge in [-0.05, 0) is 0 Å². The first kappa shape index (κ1) is 25.1. The van der Waals surface area contributed by atoms with Crippen LogP contribution in [0.5, 0.6) is 0 Å². The van der Waals surface area contributed by atoms with E-state index in [1.807, 2.05) is 13.8 Å².